The zero-order chi connectivity index (χ0) is 13.3. The summed E-state index contributed by atoms with van der Waals surface area (Å²) in [5, 5.41) is 0. The van der Waals surface area contributed by atoms with Gasteiger partial charge in [0, 0.05) is 6.20 Å². The van der Waals surface area contributed by atoms with Gasteiger partial charge < -0.3 is 4.18 Å². The first-order chi connectivity index (χ1) is 7.65. The molecule has 1 aromatic heterocycles. The molecule has 17 heavy (non-hydrogen) atoms. The molecule has 0 saturated heterocycles. The van der Waals surface area contributed by atoms with Gasteiger partial charge in [0.05, 0.1) is 5.69 Å². The van der Waals surface area contributed by atoms with Crippen LogP contribution in [0.5, 0.6) is 5.75 Å². The van der Waals surface area contributed by atoms with E-state index in [0.717, 1.165) is 6.07 Å². The lowest BCUT2D eigenvalue weighted by atomic mass is 10.1. The van der Waals surface area contributed by atoms with Crippen LogP contribution < -0.4 is 4.18 Å². The zero-order valence-corrected chi connectivity index (χ0v) is 9.84. The molecular weight excluding hydrogens is 259 g/mol. The Morgan fingerprint density at radius 2 is 1.94 bits per heavy atom. The van der Waals surface area contributed by atoms with E-state index in [2.05, 4.69) is 9.17 Å². The lowest BCUT2D eigenvalue weighted by Crippen LogP contribution is -2.28. The number of pyridine rings is 1. The molecule has 0 aromatic carbocycles. The van der Waals surface area contributed by atoms with Crippen LogP contribution >= 0.6 is 0 Å². The Labute approximate surface area is 96.6 Å². The Bertz CT molecular complexity index is 496. The number of hydrogen-bond donors (Lipinski definition) is 0. The van der Waals surface area contributed by atoms with E-state index in [0.29, 0.717) is 0 Å². The van der Waals surface area contributed by atoms with Gasteiger partial charge in [-0.15, -0.1) is 0 Å². The summed E-state index contributed by atoms with van der Waals surface area (Å²) in [6.45, 7) is 3.32. The third-order valence-corrected chi connectivity index (χ3v) is 2.80. The average Bonchev–Trinajstić information content (AvgIpc) is 2.15. The topological polar surface area (TPSA) is 56.3 Å². The van der Waals surface area contributed by atoms with E-state index in [1.807, 2.05) is 0 Å². The molecule has 8 heteroatoms. The predicted octanol–water partition coefficient (Wildman–Crippen LogP) is 2.43. The fourth-order valence-corrected chi connectivity index (χ4v) is 1.54. The number of nitrogens with zero attached hydrogens (tertiary/aromatic N) is 1. The smallest absolute Gasteiger partial charge is 0.374 e. The van der Waals surface area contributed by atoms with E-state index in [-0.39, 0.29) is 11.6 Å². The summed E-state index contributed by atoms with van der Waals surface area (Å²) in [6, 6.07) is 2.43. The molecule has 0 bridgehead atoms. The summed E-state index contributed by atoms with van der Waals surface area (Å²) in [7, 11) is -5.65. The first kappa shape index (κ1) is 13.8. The van der Waals surface area contributed by atoms with Gasteiger partial charge in [0.2, 0.25) is 0 Å². The van der Waals surface area contributed by atoms with Gasteiger partial charge in [-0.25, -0.2) is 0 Å². The van der Waals surface area contributed by atoms with Crippen LogP contribution in [0.4, 0.5) is 13.2 Å². The molecule has 0 atom stereocenters. The van der Waals surface area contributed by atoms with Crippen molar-refractivity contribution in [1.82, 2.24) is 4.98 Å². The number of alkyl halides is 3. The van der Waals surface area contributed by atoms with Crippen LogP contribution in [0.15, 0.2) is 18.3 Å². The molecule has 4 nitrogen and oxygen atoms in total. The van der Waals surface area contributed by atoms with Crippen molar-refractivity contribution in [2.45, 2.75) is 25.3 Å². The quantitative estimate of drug-likeness (QED) is 0.624. The van der Waals surface area contributed by atoms with E-state index in [1.54, 1.807) is 13.8 Å². The summed E-state index contributed by atoms with van der Waals surface area (Å²) in [5.41, 5.74) is -5.29. The maximum absolute atomic E-state index is 12.1. The van der Waals surface area contributed by atoms with E-state index in [9.17, 15) is 21.6 Å². The maximum atomic E-state index is 12.1. The predicted molar refractivity (Wildman–Crippen MR) is 53.9 cm³/mol. The number of hydrogen-bond acceptors (Lipinski definition) is 4. The average molecular weight is 269 g/mol. The molecule has 0 radical (unpaired) electrons. The van der Waals surface area contributed by atoms with E-state index in [4.69, 9.17) is 0 Å². The van der Waals surface area contributed by atoms with E-state index < -0.39 is 21.4 Å². The maximum Gasteiger partial charge on any atom is 0.534 e. The summed E-state index contributed by atoms with van der Waals surface area (Å²) in [6.07, 6.45) is 1.35. The minimum atomic E-state index is -5.65. The van der Waals surface area contributed by atoms with Gasteiger partial charge in [-0.1, -0.05) is 13.8 Å². The second-order valence-corrected chi connectivity index (χ2v) is 5.06. The molecule has 1 aromatic rings. The summed E-state index contributed by atoms with van der Waals surface area (Å²) in [4.78, 5) is 3.79. The zero-order valence-electron chi connectivity index (χ0n) is 9.02. The van der Waals surface area contributed by atoms with Crippen molar-refractivity contribution >= 4 is 10.1 Å². The van der Waals surface area contributed by atoms with Crippen molar-refractivity contribution in [2.24, 2.45) is 0 Å². The van der Waals surface area contributed by atoms with Crippen molar-refractivity contribution in [3.8, 4) is 5.75 Å². The van der Waals surface area contributed by atoms with Crippen molar-refractivity contribution in [1.29, 1.82) is 0 Å². The molecule has 0 saturated carbocycles. The van der Waals surface area contributed by atoms with Gasteiger partial charge in [-0.2, -0.15) is 21.6 Å². The van der Waals surface area contributed by atoms with Crippen LogP contribution in [0.1, 0.15) is 25.5 Å². The lowest BCUT2D eigenvalue weighted by Gasteiger charge is -2.13. The van der Waals surface area contributed by atoms with Crippen LogP contribution in [-0.4, -0.2) is 18.9 Å². The highest BCUT2D eigenvalue weighted by Gasteiger charge is 2.48. The van der Waals surface area contributed by atoms with E-state index in [1.165, 1.54) is 12.3 Å². The summed E-state index contributed by atoms with van der Waals surface area (Å²) in [5.74, 6) is -0.658. The molecule has 1 rings (SSSR count). The van der Waals surface area contributed by atoms with E-state index >= 15 is 0 Å². The van der Waals surface area contributed by atoms with Gasteiger partial charge in [0.25, 0.3) is 0 Å². The molecular formula is C9H10F3NO3S. The number of aromatic nitrogens is 1. The highest BCUT2D eigenvalue weighted by atomic mass is 32.2. The molecule has 0 amide bonds. The highest BCUT2D eigenvalue weighted by Crippen LogP contribution is 2.30. The molecule has 1 heterocycles. The highest BCUT2D eigenvalue weighted by molar-refractivity contribution is 7.88. The monoisotopic (exact) mass is 269 g/mol. The fraction of sp³-hybridized carbons (Fsp3) is 0.444. The van der Waals surface area contributed by atoms with Crippen molar-refractivity contribution in [3.05, 3.63) is 24.0 Å². The van der Waals surface area contributed by atoms with Crippen LogP contribution in [0.3, 0.4) is 0 Å². The SMILES string of the molecule is CC(C)c1ncccc1OS(=O)(=O)C(F)(F)F. The number of halogens is 3. The third-order valence-electron chi connectivity index (χ3n) is 1.83. The number of rotatable bonds is 3. The van der Waals surface area contributed by atoms with Gasteiger partial charge in [0.1, 0.15) is 0 Å². The van der Waals surface area contributed by atoms with Crippen molar-refractivity contribution < 1.29 is 25.8 Å². The van der Waals surface area contributed by atoms with Gasteiger partial charge >= 0.3 is 15.6 Å². The van der Waals surface area contributed by atoms with Crippen LogP contribution in [0.25, 0.3) is 0 Å². The molecule has 0 N–H and O–H groups in total. The fourth-order valence-electron chi connectivity index (χ4n) is 1.07. The molecule has 0 aliphatic carbocycles. The Morgan fingerprint density at radius 1 is 1.35 bits per heavy atom. The molecule has 0 fully saturated rings. The summed E-state index contributed by atoms with van der Waals surface area (Å²) < 4.78 is 62.0. The third kappa shape index (κ3) is 3.09. The Morgan fingerprint density at radius 3 is 2.41 bits per heavy atom. The molecule has 0 aliphatic heterocycles. The normalized spacial score (nSPS) is 12.8. The Hall–Kier alpha value is -1.31. The lowest BCUT2D eigenvalue weighted by molar-refractivity contribution is -0.0500. The second kappa shape index (κ2) is 4.52. The first-order valence-electron chi connectivity index (χ1n) is 4.61. The molecule has 0 spiro atoms. The van der Waals surface area contributed by atoms with Gasteiger partial charge in [0.15, 0.2) is 5.75 Å². The van der Waals surface area contributed by atoms with Gasteiger partial charge in [-0.05, 0) is 18.1 Å². The molecule has 96 valence electrons. The van der Waals surface area contributed by atoms with Gasteiger partial charge in [-0.3, -0.25) is 4.98 Å². The van der Waals surface area contributed by atoms with Crippen LogP contribution in [0, 0.1) is 0 Å². The minimum absolute atomic E-state index is 0.153. The van der Waals surface area contributed by atoms with Crippen molar-refractivity contribution in [2.75, 3.05) is 0 Å². The van der Waals surface area contributed by atoms with Crippen LogP contribution in [0.2, 0.25) is 0 Å². The molecule has 0 unspecified atom stereocenters. The first-order valence-corrected chi connectivity index (χ1v) is 6.01. The molecule has 0 aliphatic rings. The van der Waals surface area contributed by atoms with Crippen LogP contribution in [-0.2, 0) is 10.1 Å². The van der Waals surface area contributed by atoms with Crippen molar-refractivity contribution in [3.63, 3.8) is 0 Å². The second-order valence-electron chi connectivity index (χ2n) is 3.52. The Kier molecular flexibility index (Phi) is 3.65. The standard InChI is InChI=1S/C9H10F3NO3S/c1-6(2)8-7(4-3-5-13-8)16-17(14,15)9(10,11)12/h3-6H,1-2H3. The largest absolute Gasteiger partial charge is 0.534 e. The minimum Gasteiger partial charge on any atom is -0.374 e. The summed E-state index contributed by atoms with van der Waals surface area (Å²) >= 11 is 0. The Balaban J connectivity index is 3.13.